The first-order chi connectivity index (χ1) is 10.7. The van der Waals surface area contributed by atoms with Gasteiger partial charge in [0.2, 0.25) is 0 Å². The van der Waals surface area contributed by atoms with Crippen LogP contribution in [0.5, 0.6) is 0 Å². The van der Waals surface area contributed by atoms with Gasteiger partial charge in [0.1, 0.15) is 0 Å². The van der Waals surface area contributed by atoms with Gasteiger partial charge in [-0.2, -0.15) is 0 Å². The van der Waals surface area contributed by atoms with Gasteiger partial charge in [0, 0.05) is 48.8 Å². The summed E-state index contributed by atoms with van der Waals surface area (Å²) in [5.74, 6) is 0.0958. The normalized spacial score (nSPS) is 15.0. The number of nitrogens with zero attached hydrogens (tertiary/aromatic N) is 2. The minimum atomic E-state index is 0. The molecule has 1 aromatic heterocycles. The average molecular weight is 338 g/mol. The summed E-state index contributed by atoms with van der Waals surface area (Å²) in [6.45, 7) is 2.32. The first-order valence-corrected chi connectivity index (χ1v) is 7.59. The fraction of sp³-hybridized carbons (Fsp3) is 0.353. The van der Waals surface area contributed by atoms with Crippen molar-refractivity contribution in [1.82, 2.24) is 9.47 Å². The Bertz CT molecular complexity index is 720. The molecule has 124 valence electrons. The summed E-state index contributed by atoms with van der Waals surface area (Å²) in [6, 6.07) is 7.63. The molecule has 1 fully saturated rings. The second-order valence-corrected chi connectivity index (χ2v) is 5.69. The van der Waals surface area contributed by atoms with E-state index in [1.807, 2.05) is 39.9 Å². The van der Waals surface area contributed by atoms with Gasteiger partial charge in [-0.25, -0.2) is 4.39 Å². The number of halogens is 2. The molecule has 0 bridgehead atoms. The summed E-state index contributed by atoms with van der Waals surface area (Å²) in [4.78, 5) is 14.3. The average Bonchev–Trinajstić information content (AvgIpc) is 3.21. The fourth-order valence-corrected chi connectivity index (χ4v) is 2.94. The van der Waals surface area contributed by atoms with Crippen molar-refractivity contribution in [3.8, 4) is 0 Å². The van der Waals surface area contributed by atoms with Gasteiger partial charge < -0.3 is 15.2 Å². The van der Waals surface area contributed by atoms with E-state index in [0.717, 1.165) is 36.8 Å². The molecule has 3 rings (SSSR count). The SMILES string of the molecule is Cl.NCC(=CF)Cn1ccc2cc(C(=O)N3CCCC3)ccc21. The van der Waals surface area contributed by atoms with Crippen LogP contribution < -0.4 is 5.73 Å². The van der Waals surface area contributed by atoms with Gasteiger partial charge >= 0.3 is 0 Å². The summed E-state index contributed by atoms with van der Waals surface area (Å²) >= 11 is 0. The standard InChI is InChI=1S/C17H20FN3O.ClH/c18-10-13(11-19)12-21-8-5-14-9-15(3-4-16(14)21)17(22)20-6-1-2-7-20;/h3-5,8-10H,1-2,6-7,11-12,19H2;1H. The third-order valence-corrected chi connectivity index (χ3v) is 4.20. The Kier molecular flexibility index (Phi) is 5.80. The van der Waals surface area contributed by atoms with Gasteiger partial charge in [0.05, 0.1) is 6.33 Å². The van der Waals surface area contributed by atoms with E-state index in [1.54, 1.807) is 0 Å². The van der Waals surface area contributed by atoms with Crippen LogP contribution in [0.4, 0.5) is 4.39 Å². The lowest BCUT2D eigenvalue weighted by Gasteiger charge is -2.15. The second-order valence-electron chi connectivity index (χ2n) is 5.69. The predicted molar refractivity (Wildman–Crippen MR) is 92.6 cm³/mol. The molecule has 1 saturated heterocycles. The smallest absolute Gasteiger partial charge is 0.253 e. The van der Waals surface area contributed by atoms with Crippen LogP contribution in [0.3, 0.4) is 0 Å². The Hall–Kier alpha value is -1.85. The van der Waals surface area contributed by atoms with Crippen LogP contribution in [0.1, 0.15) is 23.2 Å². The van der Waals surface area contributed by atoms with E-state index in [-0.39, 0.29) is 24.9 Å². The number of fused-ring (bicyclic) bond motifs is 1. The van der Waals surface area contributed by atoms with E-state index >= 15 is 0 Å². The molecule has 0 radical (unpaired) electrons. The zero-order valence-electron chi connectivity index (χ0n) is 12.9. The first kappa shape index (κ1) is 17.5. The van der Waals surface area contributed by atoms with Gasteiger partial charge in [-0.15, -0.1) is 12.4 Å². The quantitative estimate of drug-likeness (QED) is 0.932. The molecule has 1 aliphatic rings. The minimum absolute atomic E-state index is 0. The highest BCUT2D eigenvalue weighted by molar-refractivity contribution is 5.98. The van der Waals surface area contributed by atoms with Gasteiger partial charge in [0.25, 0.3) is 5.91 Å². The van der Waals surface area contributed by atoms with Crippen molar-refractivity contribution < 1.29 is 9.18 Å². The van der Waals surface area contributed by atoms with E-state index in [9.17, 15) is 9.18 Å². The Morgan fingerprint density at radius 1 is 1.26 bits per heavy atom. The molecule has 0 atom stereocenters. The van der Waals surface area contributed by atoms with E-state index in [1.165, 1.54) is 0 Å². The number of hydrogen-bond acceptors (Lipinski definition) is 2. The maximum Gasteiger partial charge on any atom is 0.253 e. The number of hydrogen-bond donors (Lipinski definition) is 1. The topological polar surface area (TPSA) is 51.3 Å². The Morgan fingerprint density at radius 2 is 2.00 bits per heavy atom. The van der Waals surface area contributed by atoms with Crippen molar-refractivity contribution in [1.29, 1.82) is 0 Å². The van der Waals surface area contributed by atoms with Crippen molar-refractivity contribution in [2.24, 2.45) is 5.73 Å². The molecule has 1 amide bonds. The Morgan fingerprint density at radius 3 is 2.65 bits per heavy atom. The number of nitrogens with two attached hydrogens (primary N) is 1. The zero-order valence-corrected chi connectivity index (χ0v) is 13.7. The molecule has 0 saturated carbocycles. The number of likely N-dealkylation sites (tertiary alicyclic amines) is 1. The zero-order chi connectivity index (χ0) is 15.5. The van der Waals surface area contributed by atoms with Crippen molar-refractivity contribution >= 4 is 29.2 Å². The van der Waals surface area contributed by atoms with E-state index < -0.39 is 0 Å². The molecule has 2 aromatic rings. The summed E-state index contributed by atoms with van der Waals surface area (Å²) in [7, 11) is 0. The molecule has 1 aliphatic heterocycles. The first-order valence-electron chi connectivity index (χ1n) is 7.59. The number of carbonyl (C=O) groups excluding carboxylic acids is 1. The van der Waals surface area contributed by atoms with Crippen LogP contribution in [-0.2, 0) is 6.54 Å². The van der Waals surface area contributed by atoms with E-state index in [2.05, 4.69) is 0 Å². The van der Waals surface area contributed by atoms with Gasteiger partial charge in [0.15, 0.2) is 0 Å². The lowest BCUT2D eigenvalue weighted by Crippen LogP contribution is -2.27. The molecule has 4 nitrogen and oxygen atoms in total. The van der Waals surface area contributed by atoms with Crippen LogP contribution in [0.25, 0.3) is 10.9 Å². The maximum absolute atomic E-state index is 12.7. The molecule has 2 heterocycles. The highest BCUT2D eigenvalue weighted by atomic mass is 35.5. The number of carbonyl (C=O) groups is 1. The monoisotopic (exact) mass is 337 g/mol. The van der Waals surface area contributed by atoms with Crippen LogP contribution in [0.15, 0.2) is 42.4 Å². The molecule has 0 spiro atoms. The molecular formula is C17H21ClFN3O. The van der Waals surface area contributed by atoms with Gasteiger partial charge in [-0.05, 0) is 42.7 Å². The van der Waals surface area contributed by atoms with Crippen molar-refractivity contribution in [3.05, 3.63) is 47.9 Å². The summed E-state index contributed by atoms with van der Waals surface area (Å²) in [5.41, 5.74) is 7.74. The summed E-state index contributed by atoms with van der Waals surface area (Å²) in [5, 5.41) is 0.986. The van der Waals surface area contributed by atoms with Crippen molar-refractivity contribution in [2.45, 2.75) is 19.4 Å². The minimum Gasteiger partial charge on any atom is -0.343 e. The summed E-state index contributed by atoms with van der Waals surface area (Å²) < 4.78 is 14.6. The lowest BCUT2D eigenvalue weighted by atomic mass is 10.1. The molecule has 2 N–H and O–H groups in total. The van der Waals surface area contributed by atoms with Gasteiger partial charge in [-0.1, -0.05) is 0 Å². The maximum atomic E-state index is 12.7. The van der Waals surface area contributed by atoms with Crippen molar-refractivity contribution in [3.63, 3.8) is 0 Å². The van der Waals surface area contributed by atoms with Crippen molar-refractivity contribution in [2.75, 3.05) is 19.6 Å². The van der Waals surface area contributed by atoms with Crippen LogP contribution in [-0.4, -0.2) is 35.0 Å². The fourth-order valence-electron chi connectivity index (χ4n) is 2.94. The van der Waals surface area contributed by atoms with Crippen LogP contribution >= 0.6 is 12.4 Å². The largest absolute Gasteiger partial charge is 0.343 e. The number of amides is 1. The Balaban J connectivity index is 0.00000192. The molecule has 0 unspecified atom stereocenters. The van der Waals surface area contributed by atoms with Gasteiger partial charge in [-0.3, -0.25) is 4.79 Å². The van der Waals surface area contributed by atoms with E-state index in [0.29, 0.717) is 24.0 Å². The third-order valence-electron chi connectivity index (χ3n) is 4.20. The molecule has 1 aromatic carbocycles. The summed E-state index contributed by atoms with van der Waals surface area (Å²) in [6.07, 6.45) is 4.63. The molecule has 6 heteroatoms. The van der Waals surface area contributed by atoms with Crippen LogP contribution in [0, 0.1) is 0 Å². The molecular weight excluding hydrogens is 317 g/mol. The Labute approximate surface area is 141 Å². The molecule has 23 heavy (non-hydrogen) atoms. The van der Waals surface area contributed by atoms with Crippen LogP contribution in [0.2, 0.25) is 0 Å². The number of rotatable bonds is 4. The highest BCUT2D eigenvalue weighted by Gasteiger charge is 2.19. The van der Waals surface area contributed by atoms with E-state index in [4.69, 9.17) is 5.73 Å². The predicted octanol–water partition coefficient (Wildman–Crippen LogP) is 3.11. The number of aromatic nitrogens is 1. The number of benzene rings is 1. The lowest BCUT2D eigenvalue weighted by molar-refractivity contribution is 0.0793. The third kappa shape index (κ3) is 3.57. The molecule has 0 aliphatic carbocycles. The second kappa shape index (κ2) is 7.62. The highest BCUT2D eigenvalue weighted by Crippen LogP contribution is 2.21.